The second-order valence-corrected chi connectivity index (χ2v) is 6.62. The molecule has 0 heterocycles. The standard InChI is InChI=1S/C30H12N6/c1-35-26-14-8-7-13-23(26)25(18-34)28-27(24(17-33)21-11-5-3-9-19(21)15-31)29(28)30(36-2)22-12-6-4-10-20(22)16-32/h3-14H/b27-24-,28-25+,30-29+/i3D,4D,5D,6D,7D,8D,9D,10D,11D,12D,13D,14D. The van der Waals surface area contributed by atoms with Crippen molar-refractivity contribution in [3.05, 3.63) is 140 Å². The Morgan fingerprint density at radius 1 is 0.639 bits per heavy atom. The van der Waals surface area contributed by atoms with Gasteiger partial charge in [-0.05, 0) is 39.9 Å². The van der Waals surface area contributed by atoms with Gasteiger partial charge in [-0.2, -0.15) is 21.0 Å². The zero-order chi connectivity index (χ0) is 36.1. The first-order valence-corrected chi connectivity index (χ1v) is 9.54. The van der Waals surface area contributed by atoms with Crippen molar-refractivity contribution in [2.24, 2.45) is 0 Å². The molecular formula is C30H12N6. The van der Waals surface area contributed by atoms with E-state index in [1.807, 2.05) is 0 Å². The molecule has 4 rings (SSSR count). The molecule has 0 radical (unpaired) electrons. The third kappa shape index (κ3) is 3.77. The van der Waals surface area contributed by atoms with Crippen LogP contribution in [0.1, 0.15) is 44.3 Å². The third-order valence-corrected chi connectivity index (χ3v) is 4.87. The van der Waals surface area contributed by atoms with E-state index in [4.69, 9.17) is 29.6 Å². The molecule has 162 valence electrons. The molecule has 36 heavy (non-hydrogen) atoms. The van der Waals surface area contributed by atoms with E-state index in [9.17, 15) is 21.0 Å². The van der Waals surface area contributed by atoms with Gasteiger partial charge in [0.2, 0.25) is 5.70 Å². The maximum Gasteiger partial charge on any atom is 0.203 e. The lowest BCUT2D eigenvalue weighted by Gasteiger charge is -2.02. The summed E-state index contributed by atoms with van der Waals surface area (Å²) in [7, 11) is 0. The molecule has 1 saturated carbocycles. The highest BCUT2D eigenvalue weighted by Gasteiger charge is 2.41. The molecule has 0 spiro atoms. The summed E-state index contributed by atoms with van der Waals surface area (Å²) in [5.74, 6) is 0. The van der Waals surface area contributed by atoms with Crippen LogP contribution in [0.5, 0.6) is 0 Å². The highest BCUT2D eigenvalue weighted by Crippen LogP contribution is 2.57. The zero-order valence-corrected chi connectivity index (χ0v) is 17.7. The first-order chi connectivity index (χ1) is 22.6. The molecule has 0 saturated heterocycles. The third-order valence-electron chi connectivity index (χ3n) is 4.87. The Hall–Kier alpha value is -6.18. The number of nitriles is 4. The molecule has 6 heteroatoms. The quantitative estimate of drug-likeness (QED) is 0.320. The molecular weight excluding hydrogens is 444 g/mol. The molecule has 0 aliphatic heterocycles. The highest BCUT2D eigenvalue weighted by atomic mass is 14.7. The molecule has 0 amide bonds. The topological polar surface area (TPSA) is 104 Å². The van der Waals surface area contributed by atoms with Crippen LogP contribution in [0, 0.1) is 58.5 Å². The van der Waals surface area contributed by atoms with Crippen LogP contribution < -0.4 is 0 Å². The van der Waals surface area contributed by atoms with Crippen molar-refractivity contribution >= 4 is 22.5 Å². The van der Waals surface area contributed by atoms with Crippen molar-refractivity contribution in [1.29, 1.82) is 21.0 Å². The first kappa shape index (κ1) is 12.3. The molecule has 0 unspecified atom stereocenters. The molecule has 0 bridgehead atoms. The number of rotatable bonds is 3. The van der Waals surface area contributed by atoms with Crippen molar-refractivity contribution < 1.29 is 16.4 Å². The van der Waals surface area contributed by atoms with Crippen molar-refractivity contribution in [3.63, 3.8) is 0 Å². The van der Waals surface area contributed by atoms with Crippen molar-refractivity contribution in [1.82, 2.24) is 0 Å². The van der Waals surface area contributed by atoms with Gasteiger partial charge in [0.15, 0.2) is 5.69 Å². The normalized spacial score (nSPS) is 20.2. The lowest BCUT2D eigenvalue weighted by molar-refractivity contribution is 1.45. The Morgan fingerprint density at radius 2 is 1.11 bits per heavy atom. The summed E-state index contributed by atoms with van der Waals surface area (Å²) in [6.45, 7) is 15.6. The van der Waals surface area contributed by atoms with Crippen LogP contribution in [0.2, 0.25) is 0 Å². The molecule has 0 aromatic heterocycles. The minimum Gasteiger partial charge on any atom is -0.237 e. The Bertz CT molecular complexity index is 2150. The molecule has 3 aromatic rings. The molecule has 0 N–H and O–H groups in total. The van der Waals surface area contributed by atoms with E-state index in [0.29, 0.717) is 0 Å². The van der Waals surface area contributed by atoms with Crippen LogP contribution >= 0.6 is 0 Å². The van der Waals surface area contributed by atoms with Crippen LogP contribution in [0.4, 0.5) is 5.69 Å². The Kier molecular flexibility index (Phi) is 3.34. The number of hydrogen-bond donors (Lipinski definition) is 0. The average Bonchev–Trinajstić information content (AvgIpc) is 3.80. The zero-order valence-electron chi connectivity index (χ0n) is 29.7. The maximum atomic E-state index is 10.4. The number of allylic oxidation sites excluding steroid dienone is 5. The van der Waals surface area contributed by atoms with E-state index in [1.165, 1.54) is 0 Å². The molecule has 0 atom stereocenters. The summed E-state index contributed by atoms with van der Waals surface area (Å²) in [4.78, 5) is 6.53. The summed E-state index contributed by atoms with van der Waals surface area (Å²) >= 11 is 0. The number of benzene rings is 3. The molecule has 6 nitrogen and oxygen atoms in total. The Morgan fingerprint density at radius 3 is 1.64 bits per heavy atom. The van der Waals surface area contributed by atoms with Gasteiger partial charge >= 0.3 is 0 Å². The molecule has 3 aromatic carbocycles. The molecule has 1 aliphatic rings. The summed E-state index contributed by atoms with van der Waals surface area (Å²) in [6.07, 6.45) is 0. The average molecular weight is 469 g/mol. The maximum absolute atomic E-state index is 10.4. The number of hydrogen-bond acceptors (Lipinski definition) is 4. The fourth-order valence-electron chi connectivity index (χ4n) is 3.36. The minimum atomic E-state index is -0.868. The van der Waals surface area contributed by atoms with Gasteiger partial charge < -0.3 is 0 Å². The van der Waals surface area contributed by atoms with Gasteiger partial charge in [0.25, 0.3) is 0 Å². The van der Waals surface area contributed by atoms with Crippen LogP contribution in [-0.4, -0.2) is 0 Å². The van der Waals surface area contributed by atoms with E-state index >= 15 is 0 Å². The van der Waals surface area contributed by atoms with Crippen LogP contribution in [0.25, 0.3) is 26.5 Å². The lowest BCUT2D eigenvalue weighted by atomic mass is 9.99. The van der Waals surface area contributed by atoms with Gasteiger partial charge in [-0.15, -0.1) is 0 Å². The Labute approximate surface area is 224 Å². The lowest BCUT2D eigenvalue weighted by Crippen LogP contribution is -1.88. The van der Waals surface area contributed by atoms with E-state index < -0.39 is 140 Å². The van der Waals surface area contributed by atoms with Gasteiger partial charge in [-0.3, -0.25) is 0 Å². The van der Waals surface area contributed by atoms with Gasteiger partial charge in [0.1, 0.15) is 6.07 Å². The van der Waals surface area contributed by atoms with Crippen molar-refractivity contribution in [2.75, 3.05) is 0 Å². The van der Waals surface area contributed by atoms with Gasteiger partial charge in [0, 0.05) is 12.5 Å². The fraction of sp³-hybridized carbons (Fsp3) is 0. The van der Waals surface area contributed by atoms with E-state index in [2.05, 4.69) is 9.69 Å². The fourth-order valence-corrected chi connectivity index (χ4v) is 3.36. The molecule has 1 fully saturated rings. The summed E-state index contributed by atoms with van der Waals surface area (Å²) in [6, 6.07) is -3.44. The second kappa shape index (κ2) is 9.75. The highest BCUT2D eigenvalue weighted by molar-refractivity contribution is 6.12. The van der Waals surface area contributed by atoms with E-state index in [1.54, 1.807) is 24.3 Å². The summed E-state index contributed by atoms with van der Waals surface area (Å²) < 4.78 is 98.3. The second-order valence-electron chi connectivity index (χ2n) is 6.62. The minimum absolute atomic E-state index is 0.456. The summed E-state index contributed by atoms with van der Waals surface area (Å²) in [5, 5.41) is 40.6. The Balaban J connectivity index is 2.43. The van der Waals surface area contributed by atoms with Gasteiger partial charge in [-0.25, -0.2) is 9.69 Å². The van der Waals surface area contributed by atoms with Crippen molar-refractivity contribution in [2.45, 2.75) is 0 Å². The monoisotopic (exact) mass is 468 g/mol. The van der Waals surface area contributed by atoms with Crippen LogP contribution in [0.15, 0.2) is 89.2 Å². The SMILES string of the molecule is [2H]c1c([2H])c([2H])c(/C(C#N)=C2/C(=C(/C#N)c3c([2H])c([2H])c([2H])c([2H])c3[N+]#[C-])/C2=C(/[N+]#[C-])c2c([2H])c([2H])c([2H])c([2H])c2C#N)c(C#N)c1[2H]. The van der Waals surface area contributed by atoms with Gasteiger partial charge in [0.05, 0.1) is 63.1 Å². The van der Waals surface area contributed by atoms with Crippen LogP contribution in [0.3, 0.4) is 0 Å². The smallest absolute Gasteiger partial charge is 0.203 e. The first-order valence-electron chi connectivity index (χ1n) is 15.5. The van der Waals surface area contributed by atoms with E-state index in [-0.39, 0.29) is 0 Å². The predicted molar refractivity (Wildman–Crippen MR) is 134 cm³/mol. The van der Waals surface area contributed by atoms with Crippen LogP contribution in [-0.2, 0) is 0 Å². The van der Waals surface area contributed by atoms with Crippen molar-refractivity contribution in [3.8, 4) is 24.3 Å². The predicted octanol–water partition coefficient (Wildman–Crippen LogP) is 6.58. The van der Waals surface area contributed by atoms with E-state index in [0.717, 1.165) is 0 Å². The number of nitrogens with zero attached hydrogens (tertiary/aromatic N) is 6. The summed E-state index contributed by atoms with van der Waals surface area (Å²) in [5.41, 5.74) is -7.63. The number of para-hydroxylation sites is 1. The molecule has 1 aliphatic carbocycles. The van der Waals surface area contributed by atoms with Gasteiger partial charge in [-0.1, -0.05) is 60.4 Å². The largest absolute Gasteiger partial charge is 0.237 e.